The molecule has 1 aromatic carbocycles. The Balaban J connectivity index is 2.45. The zero-order valence-corrected chi connectivity index (χ0v) is 11.5. The first-order valence-corrected chi connectivity index (χ1v) is 6.78. The topological polar surface area (TPSA) is 43.8 Å². The summed E-state index contributed by atoms with van der Waals surface area (Å²) in [4.78, 5) is 4.63. The second-order valence-corrected chi connectivity index (χ2v) is 4.67. The third kappa shape index (κ3) is 2.78. The lowest BCUT2D eigenvalue weighted by Crippen LogP contribution is -2.06. The molecule has 2 N–H and O–H groups in total. The molecular formula is C15H20FN3. The number of hydrogen-bond acceptors (Lipinski definition) is 2. The maximum atomic E-state index is 13.0. The van der Waals surface area contributed by atoms with E-state index in [1.54, 1.807) is 12.1 Å². The highest BCUT2D eigenvalue weighted by molar-refractivity contribution is 5.71. The quantitative estimate of drug-likeness (QED) is 0.893. The molecule has 19 heavy (non-hydrogen) atoms. The standard InChI is InChI=1S/C15H20FN3/c1-3-5-13-18-14(15(17)19(13)10-4-2)11-6-8-12(16)9-7-11/h6-9H,3-5,10,17H2,1-2H3. The zero-order chi connectivity index (χ0) is 13.8. The molecule has 2 rings (SSSR count). The summed E-state index contributed by atoms with van der Waals surface area (Å²) in [5.74, 6) is 1.45. The molecule has 0 aliphatic carbocycles. The van der Waals surface area contributed by atoms with Crippen molar-refractivity contribution in [3.8, 4) is 11.3 Å². The van der Waals surface area contributed by atoms with Crippen LogP contribution in [0.15, 0.2) is 24.3 Å². The summed E-state index contributed by atoms with van der Waals surface area (Å²) in [6.07, 6.45) is 2.95. The molecule has 1 heterocycles. The number of anilines is 1. The molecule has 1 aromatic heterocycles. The molecule has 0 fully saturated rings. The number of halogens is 1. The van der Waals surface area contributed by atoms with E-state index in [-0.39, 0.29) is 5.82 Å². The van der Waals surface area contributed by atoms with Crippen LogP contribution in [-0.2, 0) is 13.0 Å². The lowest BCUT2D eigenvalue weighted by molar-refractivity contribution is 0.628. The van der Waals surface area contributed by atoms with Crippen LogP contribution in [-0.4, -0.2) is 9.55 Å². The Morgan fingerprint density at radius 1 is 1.16 bits per heavy atom. The molecule has 0 spiro atoms. The highest BCUT2D eigenvalue weighted by Crippen LogP contribution is 2.27. The smallest absolute Gasteiger partial charge is 0.131 e. The summed E-state index contributed by atoms with van der Waals surface area (Å²) < 4.78 is 15.0. The fourth-order valence-corrected chi connectivity index (χ4v) is 2.22. The average Bonchev–Trinajstić information content (AvgIpc) is 2.70. The van der Waals surface area contributed by atoms with Crippen LogP contribution in [0.1, 0.15) is 32.5 Å². The van der Waals surface area contributed by atoms with Crippen LogP contribution in [0.4, 0.5) is 10.2 Å². The van der Waals surface area contributed by atoms with Crippen LogP contribution >= 0.6 is 0 Å². The zero-order valence-electron chi connectivity index (χ0n) is 11.5. The summed E-state index contributed by atoms with van der Waals surface area (Å²) in [6.45, 7) is 5.11. The lowest BCUT2D eigenvalue weighted by Gasteiger charge is -2.07. The molecule has 0 radical (unpaired) electrons. The molecule has 0 unspecified atom stereocenters. The van der Waals surface area contributed by atoms with Gasteiger partial charge in [0.05, 0.1) is 0 Å². The van der Waals surface area contributed by atoms with E-state index in [0.29, 0.717) is 5.82 Å². The minimum Gasteiger partial charge on any atom is -0.383 e. The second-order valence-electron chi connectivity index (χ2n) is 4.67. The van der Waals surface area contributed by atoms with Crippen molar-refractivity contribution in [2.24, 2.45) is 0 Å². The first kappa shape index (κ1) is 13.6. The first-order chi connectivity index (χ1) is 9.17. The normalized spacial score (nSPS) is 10.9. The lowest BCUT2D eigenvalue weighted by atomic mass is 10.1. The van der Waals surface area contributed by atoms with E-state index in [9.17, 15) is 4.39 Å². The Hall–Kier alpha value is -1.84. The van der Waals surface area contributed by atoms with Crippen molar-refractivity contribution in [2.75, 3.05) is 5.73 Å². The summed E-state index contributed by atoms with van der Waals surface area (Å²) in [6, 6.07) is 6.32. The minimum absolute atomic E-state index is 0.246. The van der Waals surface area contributed by atoms with Gasteiger partial charge in [-0.25, -0.2) is 9.37 Å². The van der Waals surface area contributed by atoms with Crippen molar-refractivity contribution in [1.82, 2.24) is 9.55 Å². The molecule has 0 saturated heterocycles. The van der Waals surface area contributed by atoms with E-state index in [4.69, 9.17) is 5.73 Å². The molecule has 0 aliphatic rings. The van der Waals surface area contributed by atoms with Crippen molar-refractivity contribution < 1.29 is 4.39 Å². The van der Waals surface area contributed by atoms with Gasteiger partial charge in [-0.15, -0.1) is 0 Å². The minimum atomic E-state index is -0.246. The first-order valence-electron chi connectivity index (χ1n) is 6.78. The van der Waals surface area contributed by atoms with E-state index in [1.165, 1.54) is 12.1 Å². The predicted molar refractivity (Wildman–Crippen MR) is 76.3 cm³/mol. The number of nitrogens with zero attached hydrogens (tertiary/aromatic N) is 2. The molecular weight excluding hydrogens is 241 g/mol. The van der Waals surface area contributed by atoms with Gasteiger partial charge in [-0.2, -0.15) is 0 Å². The van der Waals surface area contributed by atoms with Crippen LogP contribution < -0.4 is 5.73 Å². The highest BCUT2D eigenvalue weighted by Gasteiger charge is 2.15. The maximum absolute atomic E-state index is 13.0. The van der Waals surface area contributed by atoms with Gasteiger partial charge >= 0.3 is 0 Å². The number of nitrogens with two attached hydrogens (primary N) is 1. The van der Waals surface area contributed by atoms with Gasteiger partial charge in [-0.05, 0) is 37.1 Å². The summed E-state index contributed by atoms with van der Waals surface area (Å²) in [5.41, 5.74) is 7.83. The molecule has 0 amide bonds. The molecule has 3 nitrogen and oxygen atoms in total. The van der Waals surface area contributed by atoms with Gasteiger partial charge in [0.25, 0.3) is 0 Å². The Labute approximate surface area is 113 Å². The molecule has 0 atom stereocenters. The largest absolute Gasteiger partial charge is 0.383 e. The van der Waals surface area contributed by atoms with Crippen LogP contribution in [0.3, 0.4) is 0 Å². The van der Waals surface area contributed by atoms with Gasteiger partial charge in [0, 0.05) is 18.5 Å². The van der Waals surface area contributed by atoms with Crippen molar-refractivity contribution in [3.63, 3.8) is 0 Å². The van der Waals surface area contributed by atoms with Gasteiger partial charge in [-0.1, -0.05) is 13.8 Å². The molecule has 0 aliphatic heterocycles. The van der Waals surface area contributed by atoms with E-state index in [0.717, 1.165) is 42.9 Å². The Bertz CT molecular complexity index is 543. The monoisotopic (exact) mass is 261 g/mol. The van der Waals surface area contributed by atoms with Crippen LogP contribution in [0.2, 0.25) is 0 Å². The number of nitrogen functional groups attached to an aromatic ring is 1. The Morgan fingerprint density at radius 2 is 1.84 bits per heavy atom. The number of benzene rings is 1. The number of hydrogen-bond donors (Lipinski definition) is 1. The number of imidazole rings is 1. The van der Waals surface area contributed by atoms with Gasteiger partial charge in [0.1, 0.15) is 23.2 Å². The molecule has 0 bridgehead atoms. The number of rotatable bonds is 5. The van der Waals surface area contributed by atoms with Crippen LogP contribution in [0.5, 0.6) is 0 Å². The van der Waals surface area contributed by atoms with Crippen molar-refractivity contribution >= 4 is 5.82 Å². The second kappa shape index (κ2) is 5.87. The molecule has 0 saturated carbocycles. The average molecular weight is 261 g/mol. The predicted octanol–water partition coefficient (Wildman–Crippen LogP) is 3.63. The fourth-order valence-electron chi connectivity index (χ4n) is 2.22. The Morgan fingerprint density at radius 3 is 2.42 bits per heavy atom. The van der Waals surface area contributed by atoms with E-state index >= 15 is 0 Å². The molecule has 2 aromatic rings. The summed E-state index contributed by atoms with van der Waals surface area (Å²) in [5, 5.41) is 0. The number of aromatic nitrogens is 2. The summed E-state index contributed by atoms with van der Waals surface area (Å²) >= 11 is 0. The van der Waals surface area contributed by atoms with E-state index < -0.39 is 0 Å². The van der Waals surface area contributed by atoms with Gasteiger partial charge in [0.2, 0.25) is 0 Å². The van der Waals surface area contributed by atoms with Crippen LogP contribution in [0.25, 0.3) is 11.3 Å². The van der Waals surface area contributed by atoms with E-state index in [2.05, 4.69) is 23.4 Å². The van der Waals surface area contributed by atoms with Gasteiger partial charge in [-0.3, -0.25) is 0 Å². The highest BCUT2D eigenvalue weighted by atomic mass is 19.1. The summed E-state index contributed by atoms with van der Waals surface area (Å²) in [7, 11) is 0. The van der Waals surface area contributed by atoms with Crippen LogP contribution in [0, 0.1) is 5.82 Å². The number of aryl methyl sites for hydroxylation is 1. The molecule has 4 heteroatoms. The van der Waals surface area contributed by atoms with Crippen molar-refractivity contribution in [3.05, 3.63) is 35.9 Å². The van der Waals surface area contributed by atoms with Crippen molar-refractivity contribution in [2.45, 2.75) is 39.7 Å². The fraction of sp³-hybridized carbons (Fsp3) is 0.400. The van der Waals surface area contributed by atoms with Gasteiger partial charge < -0.3 is 10.3 Å². The SMILES string of the molecule is CCCc1nc(-c2ccc(F)cc2)c(N)n1CCC. The third-order valence-corrected chi connectivity index (χ3v) is 3.12. The van der Waals surface area contributed by atoms with Gasteiger partial charge in [0.15, 0.2) is 0 Å². The maximum Gasteiger partial charge on any atom is 0.131 e. The van der Waals surface area contributed by atoms with Crippen molar-refractivity contribution in [1.29, 1.82) is 0 Å². The third-order valence-electron chi connectivity index (χ3n) is 3.12. The molecule has 102 valence electrons. The van der Waals surface area contributed by atoms with E-state index in [1.807, 2.05) is 0 Å². The Kier molecular flexibility index (Phi) is 4.20.